The zero-order valence-electron chi connectivity index (χ0n) is 14.8. The molecule has 3 heterocycles. The number of methoxy groups -OCH3 is 1. The van der Waals surface area contributed by atoms with Crippen molar-refractivity contribution in [3.05, 3.63) is 54.0 Å². The van der Waals surface area contributed by atoms with Crippen molar-refractivity contribution >= 4 is 16.8 Å². The predicted molar refractivity (Wildman–Crippen MR) is 98.6 cm³/mol. The zero-order valence-corrected chi connectivity index (χ0v) is 14.8. The first-order valence-corrected chi connectivity index (χ1v) is 8.82. The van der Waals surface area contributed by atoms with Crippen LogP contribution in [-0.2, 0) is 22.6 Å². The minimum atomic E-state index is -0.323. The normalized spacial score (nSPS) is 17.3. The molecule has 2 N–H and O–H groups in total. The van der Waals surface area contributed by atoms with Gasteiger partial charge in [-0.1, -0.05) is 12.1 Å². The van der Waals surface area contributed by atoms with Gasteiger partial charge >= 0.3 is 0 Å². The van der Waals surface area contributed by atoms with E-state index in [2.05, 4.69) is 44.6 Å². The van der Waals surface area contributed by atoms with Gasteiger partial charge < -0.3 is 15.0 Å². The van der Waals surface area contributed by atoms with Gasteiger partial charge in [0.05, 0.1) is 12.3 Å². The second kappa shape index (κ2) is 7.31. The Hall–Kier alpha value is -2.64. The average Bonchev–Trinajstić information content (AvgIpc) is 3.30. The summed E-state index contributed by atoms with van der Waals surface area (Å²) in [5, 5.41) is 8.53. The van der Waals surface area contributed by atoms with Crippen LogP contribution in [-0.4, -0.2) is 52.4 Å². The number of H-pyrrole nitrogens is 1. The van der Waals surface area contributed by atoms with Gasteiger partial charge in [-0.15, -0.1) is 0 Å². The van der Waals surface area contributed by atoms with E-state index in [1.807, 2.05) is 16.9 Å². The Labute approximate surface area is 151 Å². The number of nitrogens with one attached hydrogen (secondary N) is 2. The Bertz CT molecular complexity index is 900. The van der Waals surface area contributed by atoms with E-state index in [0.717, 1.165) is 24.3 Å². The molecule has 1 aliphatic rings. The summed E-state index contributed by atoms with van der Waals surface area (Å²) >= 11 is 0. The summed E-state index contributed by atoms with van der Waals surface area (Å²) in [6.07, 6.45) is 3.73. The van der Waals surface area contributed by atoms with E-state index in [0.29, 0.717) is 19.7 Å². The maximum absolute atomic E-state index is 12.6. The molecule has 1 aliphatic heterocycles. The highest BCUT2D eigenvalue weighted by Crippen LogP contribution is 2.25. The number of aromatic nitrogens is 3. The molecule has 0 radical (unpaired) electrons. The van der Waals surface area contributed by atoms with Crippen LogP contribution in [0.2, 0.25) is 0 Å². The topological polar surface area (TPSA) is 75.2 Å². The third kappa shape index (κ3) is 3.23. The lowest BCUT2D eigenvalue weighted by molar-refractivity contribution is -0.126. The first-order chi connectivity index (χ1) is 12.8. The number of hydrogen-bond donors (Lipinski definition) is 2. The van der Waals surface area contributed by atoms with Gasteiger partial charge in [0, 0.05) is 56.6 Å². The average molecular weight is 353 g/mol. The van der Waals surface area contributed by atoms with Crippen LogP contribution < -0.4 is 5.32 Å². The fourth-order valence-corrected chi connectivity index (χ4v) is 3.60. The lowest BCUT2D eigenvalue weighted by Gasteiger charge is -2.33. The van der Waals surface area contributed by atoms with Crippen LogP contribution in [0, 0.1) is 0 Å². The van der Waals surface area contributed by atoms with Crippen LogP contribution in [0.1, 0.15) is 17.3 Å². The molecule has 0 saturated heterocycles. The molecule has 2 aromatic heterocycles. The Balaban J connectivity index is 1.53. The number of carbonyl (C=O) groups is 1. The molecule has 0 fully saturated rings. The number of fused-ring (bicyclic) bond motifs is 2. The molecule has 0 aliphatic carbocycles. The summed E-state index contributed by atoms with van der Waals surface area (Å²) in [7, 11) is 1.63. The Kier molecular flexibility index (Phi) is 4.73. The number of carbonyl (C=O) groups excluding carboxylic acids is 1. The number of nitrogens with zero attached hydrogens (tertiary/aromatic N) is 3. The number of hydrogen-bond acceptors (Lipinski definition) is 4. The van der Waals surface area contributed by atoms with Gasteiger partial charge in [-0.05, 0) is 23.8 Å². The van der Waals surface area contributed by atoms with Gasteiger partial charge in [0.2, 0.25) is 5.91 Å². The lowest BCUT2D eigenvalue weighted by atomic mass is 10.1. The van der Waals surface area contributed by atoms with Gasteiger partial charge in [-0.25, -0.2) is 0 Å². The molecular formula is C19H23N5O2. The van der Waals surface area contributed by atoms with Crippen LogP contribution in [0.15, 0.2) is 42.7 Å². The van der Waals surface area contributed by atoms with Gasteiger partial charge in [0.25, 0.3) is 0 Å². The van der Waals surface area contributed by atoms with Crippen molar-refractivity contribution in [2.75, 3.05) is 26.8 Å². The molecule has 0 saturated carbocycles. The largest absolute Gasteiger partial charge is 0.383 e. The van der Waals surface area contributed by atoms with Crippen molar-refractivity contribution < 1.29 is 9.53 Å². The second-order valence-electron chi connectivity index (χ2n) is 6.59. The van der Waals surface area contributed by atoms with Crippen LogP contribution in [0.25, 0.3) is 10.9 Å². The van der Waals surface area contributed by atoms with Gasteiger partial charge in [-0.3, -0.25) is 14.4 Å². The van der Waals surface area contributed by atoms with Crippen molar-refractivity contribution in [1.82, 2.24) is 25.0 Å². The molecule has 7 nitrogen and oxygen atoms in total. The minimum absolute atomic E-state index is 0.0171. The van der Waals surface area contributed by atoms with Crippen molar-refractivity contribution in [1.29, 1.82) is 0 Å². The fraction of sp³-hybridized carbons (Fsp3) is 0.368. The van der Waals surface area contributed by atoms with Crippen molar-refractivity contribution in [3.63, 3.8) is 0 Å². The molecule has 1 unspecified atom stereocenters. The van der Waals surface area contributed by atoms with Gasteiger partial charge in [-0.2, -0.15) is 5.10 Å². The number of rotatable bonds is 6. The van der Waals surface area contributed by atoms with E-state index in [1.165, 1.54) is 10.9 Å². The molecular weight excluding hydrogens is 330 g/mol. The Morgan fingerprint density at radius 2 is 2.31 bits per heavy atom. The van der Waals surface area contributed by atoms with E-state index < -0.39 is 0 Å². The number of aromatic amines is 1. The van der Waals surface area contributed by atoms with Crippen LogP contribution in [0.4, 0.5) is 0 Å². The number of amides is 1. The first-order valence-electron chi connectivity index (χ1n) is 8.82. The van der Waals surface area contributed by atoms with Gasteiger partial charge in [0.1, 0.15) is 6.04 Å². The lowest BCUT2D eigenvalue weighted by Crippen LogP contribution is -2.45. The van der Waals surface area contributed by atoms with E-state index in [-0.39, 0.29) is 11.9 Å². The van der Waals surface area contributed by atoms with E-state index >= 15 is 0 Å². The monoisotopic (exact) mass is 353 g/mol. The Morgan fingerprint density at radius 1 is 1.38 bits per heavy atom. The first kappa shape index (κ1) is 16.8. The van der Waals surface area contributed by atoms with Crippen molar-refractivity contribution in [3.8, 4) is 0 Å². The summed E-state index contributed by atoms with van der Waals surface area (Å²) in [6.45, 7) is 3.22. The quantitative estimate of drug-likeness (QED) is 0.661. The molecule has 7 heteroatoms. The highest BCUT2D eigenvalue weighted by molar-refractivity contribution is 5.83. The summed E-state index contributed by atoms with van der Waals surface area (Å²) in [6, 6.07) is 10.1. The molecule has 136 valence electrons. The van der Waals surface area contributed by atoms with Crippen LogP contribution in [0.3, 0.4) is 0 Å². The smallest absolute Gasteiger partial charge is 0.246 e. The van der Waals surface area contributed by atoms with Gasteiger partial charge in [0.15, 0.2) is 0 Å². The van der Waals surface area contributed by atoms with Crippen molar-refractivity contribution in [2.24, 2.45) is 0 Å². The third-order valence-corrected chi connectivity index (χ3v) is 4.85. The second-order valence-corrected chi connectivity index (χ2v) is 6.59. The highest BCUT2D eigenvalue weighted by Gasteiger charge is 2.30. The summed E-state index contributed by atoms with van der Waals surface area (Å²) in [5.74, 6) is -0.0171. The maximum Gasteiger partial charge on any atom is 0.246 e. The summed E-state index contributed by atoms with van der Waals surface area (Å²) in [5.41, 5.74) is 3.46. The summed E-state index contributed by atoms with van der Waals surface area (Å²) < 4.78 is 6.86. The molecule has 0 bridgehead atoms. The van der Waals surface area contributed by atoms with E-state index in [9.17, 15) is 4.79 Å². The standard InChI is InChI=1S/C19H23N5O2/c1-26-10-9-21-19(25)18-13-23(12-15-5-8-22-24(15)18)11-14-3-2-4-17-16(14)6-7-20-17/h2-8,18,20H,9-13H2,1H3,(H,21,25). The van der Waals surface area contributed by atoms with Crippen molar-refractivity contribution in [2.45, 2.75) is 19.1 Å². The molecule has 1 aromatic carbocycles. The van der Waals surface area contributed by atoms with Crippen LogP contribution in [0.5, 0.6) is 0 Å². The maximum atomic E-state index is 12.6. The molecule has 1 amide bonds. The highest BCUT2D eigenvalue weighted by atomic mass is 16.5. The van der Waals surface area contributed by atoms with E-state index in [1.54, 1.807) is 13.3 Å². The number of benzene rings is 1. The summed E-state index contributed by atoms with van der Waals surface area (Å²) in [4.78, 5) is 18.2. The third-order valence-electron chi connectivity index (χ3n) is 4.85. The Morgan fingerprint density at radius 3 is 3.19 bits per heavy atom. The van der Waals surface area contributed by atoms with E-state index in [4.69, 9.17) is 4.74 Å². The fourth-order valence-electron chi connectivity index (χ4n) is 3.60. The molecule has 4 rings (SSSR count). The minimum Gasteiger partial charge on any atom is -0.383 e. The molecule has 3 aromatic rings. The molecule has 1 atom stereocenters. The SMILES string of the molecule is COCCNC(=O)C1CN(Cc2cccc3[nH]ccc23)Cc2ccnn21. The zero-order chi connectivity index (χ0) is 17.9. The molecule has 0 spiro atoms. The predicted octanol–water partition coefficient (Wildman–Crippen LogP) is 1.68. The molecule has 26 heavy (non-hydrogen) atoms. The number of ether oxygens (including phenoxy) is 1. The van der Waals surface area contributed by atoms with Crippen LogP contribution >= 0.6 is 0 Å².